The number of likely N-dealkylation sites (tertiary alicyclic amines) is 1. The Bertz CT molecular complexity index is 809. The van der Waals surface area contributed by atoms with Crippen LogP contribution in [-0.2, 0) is 4.79 Å². The SMILES string of the molecule is CC1CCN(C(=O)c2ccc(-c3ccco3)[nH]c2=O)C(C(=O)O)C1. The van der Waals surface area contributed by atoms with Crippen molar-refractivity contribution in [2.24, 2.45) is 5.92 Å². The van der Waals surface area contributed by atoms with Crippen molar-refractivity contribution in [1.82, 2.24) is 9.88 Å². The summed E-state index contributed by atoms with van der Waals surface area (Å²) < 4.78 is 5.21. The van der Waals surface area contributed by atoms with Crippen LogP contribution in [0.1, 0.15) is 30.1 Å². The van der Waals surface area contributed by atoms with Gasteiger partial charge in [-0.1, -0.05) is 6.92 Å². The molecule has 24 heavy (non-hydrogen) atoms. The first kappa shape index (κ1) is 16.0. The maximum absolute atomic E-state index is 12.7. The molecule has 0 aliphatic carbocycles. The highest BCUT2D eigenvalue weighted by Gasteiger charge is 2.35. The number of carboxylic acids is 1. The summed E-state index contributed by atoms with van der Waals surface area (Å²) >= 11 is 0. The fourth-order valence-corrected chi connectivity index (χ4v) is 2.99. The van der Waals surface area contributed by atoms with Crippen molar-refractivity contribution in [3.05, 3.63) is 46.4 Å². The Balaban J connectivity index is 1.89. The smallest absolute Gasteiger partial charge is 0.326 e. The molecule has 0 saturated carbocycles. The van der Waals surface area contributed by atoms with Gasteiger partial charge in [0.05, 0.1) is 12.0 Å². The number of hydrogen-bond acceptors (Lipinski definition) is 4. The van der Waals surface area contributed by atoms with Gasteiger partial charge in [-0.2, -0.15) is 0 Å². The van der Waals surface area contributed by atoms with E-state index in [9.17, 15) is 19.5 Å². The second kappa shape index (κ2) is 6.35. The summed E-state index contributed by atoms with van der Waals surface area (Å²) in [7, 11) is 0. The summed E-state index contributed by atoms with van der Waals surface area (Å²) in [4.78, 5) is 40.3. The number of carbonyl (C=O) groups is 2. The van der Waals surface area contributed by atoms with Gasteiger partial charge in [-0.15, -0.1) is 0 Å². The van der Waals surface area contributed by atoms with Crippen molar-refractivity contribution in [3.8, 4) is 11.5 Å². The molecule has 2 unspecified atom stereocenters. The topological polar surface area (TPSA) is 104 Å². The van der Waals surface area contributed by atoms with Gasteiger partial charge in [-0.3, -0.25) is 9.59 Å². The van der Waals surface area contributed by atoms with E-state index in [4.69, 9.17) is 4.42 Å². The average molecular weight is 330 g/mol. The molecule has 7 nitrogen and oxygen atoms in total. The fraction of sp³-hybridized carbons (Fsp3) is 0.353. The molecule has 3 rings (SSSR count). The van der Waals surface area contributed by atoms with E-state index in [2.05, 4.69) is 4.98 Å². The van der Waals surface area contributed by atoms with Crippen LogP contribution in [-0.4, -0.2) is 39.5 Å². The Kier molecular flexibility index (Phi) is 4.24. The molecule has 2 aromatic heterocycles. The third-order valence-corrected chi connectivity index (χ3v) is 4.34. The molecule has 0 bridgehead atoms. The number of piperidine rings is 1. The fourth-order valence-electron chi connectivity index (χ4n) is 2.99. The minimum atomic E-state index is -1.04. The molecule has 1 saturated heterocycles. The third kappa shape index (κ3) is 2.97. The summed E-state index contributed by atoms with van der Waals surface area (Å²) in [5, 5.41) is 9.37. The standard InChI is InChI=1S/C17H18N2O5/c1-10-6-7-19(13(9-10)17(22)23)16(21)11-4-5-12(18-15(11)20)14-3-2-8-24-14/h2-5,8,10,13H,6-7,9H2,1H3,(H,18,20)(H,22,23). The van der Waals surface area contributed by atoms with Gasteiger partial charge >= 0.3 is 5.97 Å². The van der Waals surface area contributed by atoms with E-state index in [1.165, 1.54) is 17.2 Å². The molecule has 1 aliphatic rings. The third-order valence-electron chi connectivity index (χ3n) is 4.34. The number of hydrogen-bond donors (Lipinski definition) is 2. The summed E-state index contributed by atoms with van der Waals surface area (Å²) in [5.74, 6) is -0.879. The maximum Gasteiger partial charge on any atom is 0.326 e. The highest BCUT2D eigenvalue weighted by atomic mass is 16.4. The van der Waals surface area contributed by atoms with Crippen LogP contribution in [0.4, 0.5) is 0 Å². The second-order valence-corrected chi connectivity index (χ2v) is 6.07. The van der Waals surface area contributed by atoms with E-state index in [0.717, 1.165) is 6.42 Å². The number of amides is 1. The largest absolute Gasteiger partial charge is 0.480 e. The predicted octanol–water partition coefficient (Wildman–Crippen LogP) is 1.96. The minimum absolute atomic E-state index is 0.0638. The number of carboxylic acid groups (broad SMARTS) is 1. The number of furan rings is 1. The van der Waals surface area contributed by atoms with Crippen molar-refractivity contribution >= 4 is 11.9 Å². The van der Waals surface area contributed by atoms with Gasteiger partial charge in [0, 0.05) is 6.54 Å². The van der Waals surface area contributed by atoms with E-state index >= 15 is 0 Å². The van der Waals surface area contributed by atoms with Gasteiger partial charge in [0.1, 0.15) is 17.4 Å². The Morgan fingerprint density at radius 3 is 2.75 bits per heavy atom. The summed E-state index contributed by atoms with van der Waals surface area (Å²) in [5.41, 5.74) is -0.161. The monoisotopic (exact) mass is 330 g/mol. The normalized spacial score (nSPS) is 20.8. The molecule has 1 aliphatic heterocycles. The van der Waals surface area contributed by atoms with Crippen molar-refractivity contribution in [2.45, 2.75) is 25.8 Å². The van der Waals surface area contributed by atoms with E-state index in [-0.39, 0.29) is 11.5 Å². The Hall–Kier alpha value is -2.83. The van der Waals surface area contributed by atoms with Crippen LogP contribution in [0.15, 0.2) is 39.7 Å². The number of H-pyrrole nitrogens is 1. The lowest BCUT2D eigenvalue weighted by Crippen LogP contribution is -2.50. The Morgan fingerprint density at radius 2 is 2.12 bits per heavy atom. The van der Waals surface area contributed by atoms with E-state index in [0.29, 0.717) is 24.4 Å². The van der Waals surface area contributed by atoms with Crippen LogP contribution in [0.3, 0.4) is 0 Å². The molecular weight excluding hydrogens is 312 g/mol. The second-order valence-electron chi connectivity index (χ2n) is 6.07. The van der Waals surface area contributed by atoms with Crippen molar-refractivity contribution in [2.75, 3.05) is 6.54 Å². The molecular formula is C17H18N2O5. The van der Waals surface area contributed by atoms with Crippen LogP contribution in [0, 0.1) is 5.92 Å². The number of pyridine rings is 1. The number of nitrogens with zero attached hydrogens (tertiary/aromatic N) is 1. The molecule has 2 atom stereocenters. The van der Waals surface area contributed by atoms with Gasteiger partial charge < -0.3 is 19.4 Å². The van der Waals surface area contributed by atoms with Crippen molar-refractivity contribution in [1.29, 1.82) is 0 Å². The lowest BCUT2D eigenvalue weighted by Gasteiger charge is -2.35. The van der Waals surface area contributed by atoms with Crippen LogP contribution in [0.2, 0.25) is 0 Å². The van der Waals surface area contributed by atoms with Gasteiger partial charge in [0.25, 0.3) is 11.5 Å². The van der Waals surface area contributed by atoms with Gasteiger partial charge in [0.15, 0.2) is 0 Å². The highest BCUT2D eigenvalue weighted by Crippen LogP contribution is 2.24. The molecule has 2 N–H and O–H groups in total. The zero-order valence-electron chi connectivity index (χ0n) is 13.2. The molecule has 126 valence electrons. The minimum Gasteiger partial charge on any atom is -0.480 e. The van der Waals surface area contributed by atoms with Crippen LogP contribution in [0.25, 0.3) is 11.5 Å². The molecule has 2 aromatic rings. The first-order chi connectivity index (χ1) is 11.5. The van der Waals surface area contributed by atoms with Gasteiger partial charge in [-0.25, -0.2) is 4.79 Å². The lowest BCUT2D eigenvalue weighted by atomic mass is 9.92. The predicted molar refractivity (Wildman–Crippen MR) is 85.6 cm³/mol. The maximum atomic E-state index is 12.7. The van der Waals surface area contributed by atoms with E-state index in [1.807, 2.05) is 6.92 Å². The molecule has 7 heteroatoms. The quantitative estimate of drug-likeness (QED) is 0.895. The molecule has 0 aromatic carbocycles. The van der Waals surface area contributed by atoms with Gasteiger partial charge in [-0.05, 0) is 43.0 Å². The molecule has 1 fully saturated rings. The lowest BCUT2D eigenvalue weighted by molar-refractivity contribution is -0.144. The summed E-state index contributed by atoms with van der Waals surface area (Å²) in [6.07, 6.45) is 2.60. The Morgan fingerprint density at radius 1 is 1.33 bits per heavy atom. The number of rotatable bonds is 3. The van der Waals surface area contributed by atoms with Gasteiger partial charge in [0.2, 0.25) is 0 Å². The van der Waals surface area contributed by atoms with Crippen LogP contribution >= 0.6 is 0 Å². The number of aliphatic carboxylic acids is 1. The van der Waals surface area contributed by atoms with E-state index < -0.39 is 23.5 Å². The molecule has 3 heterocycles. The van der Waals surface area contributed by atoms with Crippen LogP contribution in [0.5, 0.6) is 0 Å². The average Bonchev–Trinajstić information content (AvgIpc) is 3.08. The molecule has 1 amide bonds. The van der Waals surface area contributed by atoms with Crippen molar-refractivity contribution in [3.63, 3.8) is 0 Å². The summed E-state index contributed by atoms with van der Waals surface area (Å²) in [6, 6.07) is 5.48. The summed E-state index contributed by atoms with van der Waals surface area (Å²) in [6.45, 7) is 2.29. The van der Waals surface area contributed by atoms with Crippen LogP contribution < -0.4 is 5.56 Å². The Labute approximate surface area is 137 Å². The number of aromatic nitrogens is 1. The van der Waals surface area contributed by atoms with Crippen molar-refractivity contribution < 1.29 is 19.1 Å². The first-order valence-electron chi connectivity index (χ1n) is 7.78. The number of nitrogens with one attached hydrogen (secondary N) is 1. The molecule has 0 radical (unpaired) electrons. The highest BCUT2D eigenvalue weighted by molar-refractivity contribution is 5.96. The van der Waals surface area contributed by atoms with E-state index in [1.54, 1.807) is 18.2 Å². The molecule has 0 spiro atoms. The zero-order chi connectivity index (χ0) is 17.3. The number of aromatic amines is 1. The number of carbonyl (C=O) groups excluding carboxylic acids is 1. The first-order valence-corrected chi connectivity index (χ1v) is 7.78. The zero-order valence-corrected chi connectivity index (χ0v) is 13.2.